The molecule has 3 heterocycles. The second kappa shape index (κ2) is 14.5. The molecular weight excluding hydrogens is 506 g/mol. The van der Waals surface area contributed by atoms with Gasteiger partial charge in [-0.05, 0) is 30.7 Å². The predicted molar refractivity (Wildman–Crippen MR) is 141 cm³/mol. The monoisotopic (exact) mass is 536 g/mol. The van der Waals surface area contributed by atoms with E-state index >= 15 is 0 Å². The Morgan fingerprint density at radius 2 is 1.89 bits per heavy atom. The topological polar surface area (TPSA) is 97.9 Å². The van der Waals surface area contributed by atoms with Crippen molar-refractivity contribution in [3.8, 4) is 0 Å². The van der Waals surface area contributed by atoms with E-state index in [1.165, 1.54) is 30.1 Å². The number of imidazole rings is 1. The molecule has 0 atom stereocenters. The highest BCUT2D eigenvalue weighted by atomic mass is 35.5. The summed E-state index contributed by atoms with van der Waals surface area (Å²) in [6.45, 7) is 4.59. The number of halogens is 3. The van der Waals surface area contributed by atoms with E-state index in [0.717, 1.165) is 43.7 Å². The summed E-state index contributed by atoms with van der Waals surface area (Å²) < 4.78 is 21.4. The van der Waals surface area contributed by atoms with Crippen molar-refractivity contribution < 1.29 is 13.6 Å². The van der Waals surface area contributed by atoms with Crippen LogP contribution in [0.2, 0.25) is 0 Å². The number of benzene rings is 1. The van der Waals surface area contributed by atoms with Gasteiger partial charge in [0.1, 0.15) is 17.9 Å². The number of nitrogens with one attached hydrogen (secondary N) is 2. The molecule has 4 rings (SSSR count). The molecule has 1 aromatic carbocycles. The lowest BCUT2D eigenvalue weighted by molar-refractivity contribution is 0.0945. The number of fused-ring (bicyclic) bond motifs is 1. The van der Waals surface area contributed by atoms with Crippen molar-refractivity contribution in [1.82, 2.24) is 30.2 Å². The molecule has 11 heteroatoms. The lowest BCUT2D eigenvalue weighted by Crippen LogP contribution is -2.24. The van der Waals surface area contributed by atoms with Gasteiger partial charge < -0.3 is 19.6 Å². The fourth-order valence-corrected chi connectivity index (χ4v) is 3.74. The summed E-state index contributed by atoms with van der Waals surface area (Å²) in [6, 6.07) is 11.0. The normalized spacial score (nSPS) is 10.6. The molecule has 0 fully saturated rings. The number of carbonyl (C=O) groups is 1. The van der Waals surface area contributed by atoms with Gasteiger partial charge in [-0.1, -0.05) is 25.5 Å². The molecule has 194 valence electrons. The number of aryl methyl sites for hydroxylation is 1. The number of aromatic nitrogens is 4. The van der Waals surface area contributed by atoms with Crippen molar-refractivity contribution in [3.05, 3.63) is 77.8 Å². The molecule has 36 heavy (non-hydrogen) atoms. The lowest BCUT2D eigenvalue weighted by atomic mass is 10.3. The Hall–Kier alpha value is -3.01. The fourth-order valence-electron chi connectivity index (χ4n) is 3.74. The van der Waals surface area contributed by atoms with Crippen molar-refractivity contribution >= 4 is 41.8 Å². The van der Waals surface area contributed by atoms with Crippen molar-refractivity contribution in [2.75, 3.05) is 13.1 Å². The van der Waals surface area contributed by atoms with E-state index in [9.17, 15) is 9.18 Å². The minimum atomic E-state index is -0.462. The zero-order chi connectivity index (χ0) is 23.8. The molecule has 0 aliphatic carbocycles. The van der Waals surface area contributed by atoms with Crippen LogP contribution in [0.4, 0.5) is 4.39 Å². The van der Waals surface area contributed by atoms with Crippen LogP contribution in [-0.4, -0.2) is 38.5 Å². The highest BCUT2D eigenvalue weighted by molar-refractivity contribution is 5.91. The van der Waals surface area contributed by atoms with Gasteiger partial charge >= 0.3 is 0 Å². The largest absolute Gasteiger partial charge is 0.448 e. The quantitative estimate of drug-likeness (QED) is 0.258. The molecule has 0 spiro atoms. The van der Waals surface area contributed by atoms with Crippen LogP contribution in [-0.2, 0) is 25.9 Å². The Balaban J connectivity index is 0.00000228. The van der Waals surface area contributed by atoms with Crippen LogP contribution >= 0.6 is 24.8 Å². The molecule has 2 N–H and O–H groups in total. The van der Waals surface area contributed by atoms with Crippen LogP contribution in [0.5, 0.6) is 0 Å². The van der Waals surface area contributed by atoms with Crippen molar-refractivity contribution in [2.45, 2.75) is 45.7 Å². The number of hydrogen-bond acceptors (Lipinski definition) is 6. The number of amides is 1. The highest BCUT2D eigenvalue weighted by Crippen LogP contribution is 2.17. The minimum absolute atomic E-state index is 0. The third kappa shape index (κ3) is 7.49. The first-order valence-electron chi connectivity index (χ1n) is 11.6. The third-order valence-electron chi connectivity index (χ3n) is 5.55. The first kappa shape index (κ1) is 29.2. The summed E-state index contributed by atoms with van der Waals surface area (Å²) in [5.74, 6) is 0.660. The summed E-state index contributed by atoms with van der Waals surface area (Å²) in [6.07, 6.45) is 6.43. The Morgan fingerprint density at radius 3 is 2.69 bits per heavy atom. The van der Waals surface area contributed by atoms with Gasteiger partial charge in [0.25, 0.3) is 5.91 Å². The van der Waals surface area contributed by atoms with Crippen LogP contribution in [0.15, 0.2) is 53.3 Å². The molecular formula is C25H31Cl2FN6O2. The van der Waals surface area contributed by atoms with Crippen LogP contribution in [0, 0.1) is 5.82 Å². The van der Waals surface area contributed by atoms with Crippen LogP contribution < -0.4 is 10.6 Å². The number of oxazole rings is 1. The summed E-state index contributed by atoms with van der Waals surface area (Å²) in [4.78, 5) is 25.2. The first-order chi connectivity index (χ1) is 16.7. The summed E-state index contributed by atoms with van der Waals surface area (Å²) in [7, 11) is 0. The maximum Gasteiger partial charge on any atom is 0.273 e. The van der Waals surface area contributed by atoms with E-state index in [-0.39, 0.29) is 42.7 Å². The lowest BCUT2D eigenvalue weighted by Gasteiger charge is -2.09. The molecule has 4 aromatic rings. The number of unbranched alkanes of at least 4 members (excludes halogenated alkanes) is 1. The summed E-state index contributed by atoms with van der Waals surface area (Å²) >= 11 is 0. The third-order valence-corrected chi connectivity index (χ3v) is 5.55. The Labute approximate surface area is 221 Å². The standard InChI is InChI=1S/C25H29FN6O2.2ClH/c1-2-3-15-32-22-9-5-4-8-19(22)30-23(32)10-13-27-14-11-24-31-21(17-34-24)25(33)29-16-20-18(26)7-6-12-28-20;;/h4-9,12,17,27H,2-3,10-11,13-16H2,1H3,(H,29,33);2*1H. The van der Waals surface area contributed by atoms with E-state index in [1.54, 1.807) is 0 Å². The fraction of sp³-hybridized carbons (Fsp3) is 0.360. The average molecular weight is 537 g/mol. The average Bonchev–Trinajstić information content (AvgIpc) is 3.46. The molecule has 0 aliphatic rings. The number of para-hydroxylation sites is 2. The number of rotatable bonds is 12. The molecule has 0 radical (unpaired) electrons. The second-order valence-corrected chi connectivity index (χ2v) is 8.01. The molecule has 0 bridgehead atoms. The van der Waals surface area contributed by atoms with Crippen LogP contribution in [0.1, 0.15) is 47.7 Å². The van der Waals surface area contributed by atoms with Crippen molar-refractivity contribution in [2.24, 2.45) is 0 Å². The maximum absolute atomic E-state index is 13.6. The van der Waals surface area contributed by atoms with Gasteiger partial charge in [0, 0.05) is 38.7 Å². The van der Waals surface area contributed by atoms with Gasteiger partial charge in [-0.3, -0.25) is 9.78 Å². The smallest absolute Gasteiger partial charge is 0.273 e. The Kier molecular flexibility index (Phi) is 11.8. The van der Waals surface area contributed by atoms with E-state index in [2.05, 4.69) is 50.3 Å². The van der Waals surface area contributed by atoms with E-state index in [4.69, 9.17) is 9.40 Å². The van der Waals surface area contributed by atoms with Gasteiger partial charge in [0.05, 0.1) is 23.3 Å². The van der Waals surface area contributed by atoms with Gasteiger partial charge in [-0.15, -0.1) is 24.8 Å². The Morgan fingerprint density at radius 1 is 1.08 bits per heavy atom. The van der Waals surface area contributed by atoms with Gasteiger partial charge in [-0.2, -0.15) is 0 Å². The molecule has 1 amide bonds. The zero-order valence-corrected chi connectivity index (χ0v) is 21.7. The minimum Gasteiger partial charge on any atom is -0.448 e. The molecule has 0 saturated carbocycles. The van der Waals surface area contributed by atoms with Gasteiger partial charge in [-0.25, -0.2) is 14.4 Å². The van der Waals surface area contributed by atoms with E-state index in [1.807, 2.05) is 6.07 Å². The number of hydrogen-bond donors (Lipinski definition) is 2. The molecule has 0 aliphatic heterocycles. The number of pyridine rings is 1. The molecule has 3 aromatic heterocycles. The van der Waals surface area contributed by atoms with Gasteiger partial charge in [0.2, 0.25) is 0 Å². The van der Waals surface area contributed by atoms with Crippen molar-refractivity contribution in [3.63, 3.8) is 0 Å². The molecule has 0 unspecified atom stereocenters. The predicted octanol–water partition coefficient (Wildman–Crippen LogP) is 4.51. The Bertz CT molecular complexity index is 1250. The van der Waals surface area contributed by atoms with Gasteiger partial charge in [0.15, 0.2) is 11.6 Å². The molecule has 8 nitrogen and oxygen atoms in total. The summed E-state index contributed by atoms with van der Waals surface area (Å²) in [5, 5.41) is 6.00. The highest BCUT2D eigenvalue weighted by Gasteiger charge is 2.14. The van der Waals surface area contributed by atoms with E-state index < -0.39 is 11.7 Å². The van der Waals surface area contributed by atoms with Crippen molar-refractivity contribution in [1.29, 1.82) is 0 Å². The molecule has 0 saturated heterocycles. The van der Waals surface area contributed by atoms with E-state index in [0.29, 0.717) is 18.9 Å². The number of carbonyl (C=O) groups excluding carboxylic acids is 1. The number of nitrogens with zero attached hydrogens (tertiary/aromatic N) is 4. The SMILES string of the molecule is CCCCn1c(CCNCCc2nc(C(=O)NCc3ncccc3F)co2)nc2ccccc21.Cl.Cl. The van der Waals surface area contributed by atoms with Crippen LogP contribution in [0.25, 0.3) is 11.0 Å². The maximum atomic E-state index is 13.6. The first-order valence-corrected chi connectivity index (χ1v) is 11.6. The second-order valence-electron chi connectivity index (χ2n) is 8.01. The summed E-state index contributed by atoms with van der Waals surface area (Å²) in [5.41, 5.74) is 2.55. The zero-order valence-electron chi connectivity index (χ0n) is 20.1. The van der Waals surface area contributed by atoms with Crippen LogP contribution in [0.3, 0.4) is 0 Å².